The molecular weight excluding hydrogens is 327 g/mol. The van der Waals surface area contributed by atoms with Crippen molar-refractivity contribution < 1.29 is 23.4 Å². The molecule has 6 nitrogen and oxygen atoms in total. The number of rotatable bonds is 2. The molecule has 2 fully saturated rings. The molecule has 2 heterocycles. The molecule has 2 aliphatic rings. The highest BCUT2D eigenvalue weighted by Crippen LogP contribution is 2.29. The number of carbonyl (C=O) groups excluding carboxylic acids is 1. The van der Waals surface area contributed by atoms with Crippen LogP contribution in [0.5, 0.6) is 0 Å². The summed E-state index contributed by atoms with van der Waals surface area (Å²) in [6.45, 7) is 8.71. The molecule has 7 heteroatoms. The lowest BCUT2D eigenvalue weighted by atomic mass is 10.1. The first-order chi connectivity index (χ1) is 11.8. The first kappa shape index (κ1) is 17.9. The monoisotopic (exact) mass is 352 g/mol. The van der Waals surface area contributed by atoms with Crippen molar-refractivity contribution in [1.82, 2.24) is 4.90 Å². The first-order valence-electron chi connectivity index (χ1n) is 8.59. The zero-order valence-corrected chi connectivity index (χ0v) is 15.0. The molecule has 0 spiro atoms. The summed E-state index contributed by atoms with van der Waals surface area (Å²) in [7, 11) is 0. The molecule has 138 valence electrons. The molecule has 3 rings (SSSR count). The average Bonchev–Trinajstić information content (AvgIpc) is 3.08. The van der Waals surface area contributed by atoms with E-state index in [1.807, 2.05) is 25.7 Å². The van der Waals surface area contributed by atoms with Gasteiger partial charge in [-0.1, -0.05) is 6.07 Å². The van der Waals surface area contributed by atoms with Crippen LogP contribution in [-0.2, 0) is 14.2 Å². The summed E-state index contributed by atoms with van der Waals surface area (Å²) in [5.74, 6) is -0.285. The number of piperazine rings is 1. The van der Waals surface area contributed by atoms with Gasteiger partial charge < -0.3 is 24.0 Å². The minimum Gasteiger partial charge on any atom is -0.444 e. The van der Waals surface area contributed by atoms with Gasteiger partial charge in [0.1, 0.15) is 11.4 Å². The molecule has 0 aliphatic carbocycles. The highest BCUT2D eigenvalue weighted by Gasteiger charge is 2.27. The highest BCUT2D eigenvalue weighted by atomic mass is 19.1. The Kier molecular flexibility index (Phi) is 5.15. The van der Waals surface area contributed by atoms with Gasteiger partial charge in [-0.3, -0.25) is 0 Å². The first-order valence-corrected chi connectivity index (χ1v) is 8.59. The van der Waals surface area contributed by atoms with Crippen molar-refractivity contribution in [3.8, 4) is 0 Å². The van der Waals surface area contributed by atoms with Crippen molar-refractivity contribution >= 4 is 11.8 Å². The average molecular weight is 352 g/mol. The number of benzene rings is 1. The van der Waals surface area contributed by atoms with E-state index < -0.39 is 11.9 Å². The second-order valence-corrected chi connectivity index (χ2v) is 7.24. The molecule has 0 unspecified atom stereocenters. The van der Waals surface area contributed by atoms with E-state index in [-0.39, 0.29) is 11.9 Å². The molecule has 2 aliphatic heterocycles. The van der Waals surface area contributed by atoms with E-state index in [0.717, 1.165) is 5.56 Å². The van der Waals surface area contributed by atoms with E-state index in [0.29, 0.717) is 45.1 Å². The van der Waals surface area contributed by atoms with E-state index in [2.05, 4.69) is 0 Å². The van der Waals surface area contributed by atoms with Crippen LogP contribution in [0.4, 0.5) is 14.9 Å². The Labute approximate surface area is 147 Å². The van der Waals surface area contributed by atoms with Crippen LogP contribution in [0, 0.1) is 5.82 Å². The second kappa shape index (κ2) is 7.17. The van der Waals surface area contributed by atoms with Gasteiger partial charge in [0, 0.05) is 31.7 Å². The molecule has 0 atom stereocenters. The molecule has 2 saturated heterocycles. The van der Waals surface area contributed by atoms with Gasteiger partial charge in [0.25, 0.3) is 0 Å². The number of nitrogens with zero attached hydrogens (tertiary/aromatic N) is 2. The number of ether oxygens (including phenoxy) is 3. The fourth-order valence-corrected chi connectivity index (χ4v) is 2.93. The smallest absolute Gasteiger partial charge is 0.410 e. The molecule has 0 N–H and O–H groups in total. The molecule has 0 radical (unpaired) electrons. The SMILES string of the molecule is CC(C)(C)OC(=O)N1CCN(c2cc(C3OCCO3)ccc2F)CC1. The van der Waals surface area contributed by atoms with Crippen LogP contribution in [0.25, 0.3) is 0 Å². The third kappa shape index (κ3) is 4.41. The summed E-state index contributed by atoms with van der Waals surface area (Å²) in [5.41, 5.74) is 0.805. The van der Waals surface area contributed by atoms with Crippen LogP contribution in [-0.4, -0.2) is 56.0 Å². The van der Waals surface area contributed by atoms with Crippen molar-refractivity contribution in [1.29, 1.82) is 0 Å². The number of amides is 1. The zero-order chi connectivity index (χ0) is 18.0. The van der Waals surface area contributed by atoms with Crippen molar-refractivity contribution in [2.45, 2.75) is 32.7 Å². The van der Waals surface area contributed by atoms with Crippen LogP contribution >= 0.6 is 0 Å². The van der Waals surface area contributed by atoms with Gasteiger partial charge in [-0.2, -0.15) is 0 Å². The van der Waals surface area contributed by atoms with E-state index in [1.165, 1.54) is 6.07 Å². The van der Waals surface area contributed by atoms with E-state index in [1.54, 1.807) is 17.0 Å². The predicted octanol–water partition coefficient (Wildman–Crippen LogP) is 2.93. The molecule has 25 heavy (non-hydrogen) atoms. The molecular formula is C18H25FN2O4. The Morgan fingerprint density at radius 1 is 1.16 bits per heavy atom. The molecule has 0 aromatic heterocycles. The van der Waals surface area contributed by atoms with Gasteiger partial charge in [0.15, 0.2) is 6.29 Å². The summed E-state index contributed by atoms with van der Waals surface area (Å²) < 4.78 is 30.6. The van der Waals surface area contributed by atoms with Gasteiger partial charge >= 0.3 is 6.09 Å². The van der Waals surface area contributed by atoms with Crippen LogP contribution in [0.2, 0.25) is 0 Å². The van der Waals surface area contributed by atoms with Gasteiger partial charge in [0.2, 0.25) is 0 Å². The molecule has 1 aromatic carbocycles. The van der Waals surface area contributed by atoms with Crippen molar-refractivity contribution in [3.05, 3.63) is 29.6 Å². The van der Waals surface area contributed by atoms with E-state index >= 15 is 0 Å². The summed E-state index contributed by atoms with van der Waals surface area (Å²) in [4.78, 5) is 15.7. The topological polar surface area (TPSA) is 51.2 Å². The van der Waals surface area contributed by atoms with Crippen molar-refractivity contribution in [3.63, 3.8) is 0 Å². The Balaban J connectivity index is 1.64. The van der Waals surface area contributed by atoms with Crippen LogP contribution in [0.3, 0.4) is 0 Å². The van der Waals surface area contributed by atoms with Gasteiger partial charge in [0.05, 0.1) is 18.9 Å². The summed E-state index contributed by atoms with van der Waals surface area (Å²) >= 11 is 0. The maximum atomic E-state index is 14.3. The van der Waals surface area contributed by atoms with Crippen LogP contribution in [0.1, 0.15) is 32.6 Å². The van der Waals surface area contributed by atoms with Crippen LogP contribution < -0.4 is 4.90 Å². The van der Waals surface area contributed by atoms with E-state index in [9.17, 15) is 9.18 Å². The lowest BCUT2D eigenvalue weighted by Gasteiger charge is -2.37. The third-order valence-electron chi connectivity index (χ3n) is 4.14. The maximum absolute atomic E-state index is 14.3. The molecule has 0 saturated carbocycles. The summed E-state index contributed by atoms with van der Waals surface area (Å²) in [6, 6.07) is 4.90. The minimum atomic E-state index is -0.518. The lowest BCUT2D eigenvalue weighted by molar-refractivity contribution is -0.0441. The standard InChI is InChI=1S/C18H25FN2O4/c1-18(2,3)25-17(22)21-8-6-20(7-9-21)15-12-13(4-5-14(15)19)16-23-10-11-24-16/h4-5,12,16H,6-11H2,1-3H3. The van der Waals surface area contributed by atoms with Gasteiger partial charge in [-0.05, 0) is 32.9 Å². The maximum Gasteiger partial charge on any atom is 0.410 e. The Hall–Kier alpha value is -1.86. The summed E-state index contributed by atoms with van der Waals surface area (Å²) in [5, 5.41) is 0. The largest absolute Gasteiger partial charge is 0.444 e. The molecule has 0 bridgehead atoms. The lowest BCUT2D eigenvalue weighted by Crippen LogP contribution is -2.50. The quantitative estimate of drug-likeness (QED) is 0.819. The summed E-state index contributed by atoms with van der Waals surface area (Å²) in [6.07, 6.45) is -0.753. The van der Waals surface area contributed by atoms with Crippen molar-refractivity contribution in [2.75, 3.05) is 44.3 Å². The van der Waals surface area contributed by atoms with Gasteiger partial charge in [-0.25, -0.2) is 9.18 Å². The Morgan fingerprint density at radius 2 is 1.80 bits per heavy atom. The number of halogens is 1. The Morgan fingerprint density at radius 3 is 2.40 bits per heavy atom. The fourth-order valence-electron chi connectivity index (χ4n) is 2.93. The van der Waals surface area contributed by atoms with Gasteiger partial charge in [-0.15, -0.1) is 0 Å². The molecule has 1 amide bonds. The normalized spacial score (nSPS) is 19.4. The predicted molar refractivity (Wildman–Crippen MR) is 91.1 cm³/mol. The number of anilines is 1. The fraction of sp³-hybridized carbons (Fsp3) is 0.611. The van der Waals surface area contributed by atoms with E-state index in [4.69, 9.17) is 14.2 Å². The van der Waals surface area contributed by atoms with Crippen molar-refractivity contribution in [2.24, 2.45) is 0 Å². The number of hydrogen-bond donors (Lipinski definition) is 0. The number of hydrogen-bond acceptors (Lipinski definition) is 5. The second-order valence-electron chi connectivity index (χ2n) is 7.24. The molecule has 1 aromatic rings. The Bertz CT molecular complexity index is 618. The zero-order valence-electron chi connectivity index (χ0n) is 15.0. The highest BCUT2D eigenvalue weighted by molar-refractivity contribution is 5.68. The minimum absolute atomic E-state index is 0.285. The third-order valence-corrected chi connectivity index (χ3v) is 4.14. The van der Waals surface area contributed by atoms with Crippen LogP contribution in [0.15, 0.2) is 18.2 Å². The number of carbonyl (C=O) groups is 1.